The highest BCUT2D eigenvalue weighted by Gasteiger charge is 2.64. The van der Waals surface area contributed by atoms with E-state index in [1.807, 2.05) is 0 Å². The normalized spacial score (nSPS) is 46.2. The first-order chi connectivity index (χ1) is 14.2. The zero-order valence-electron chi connectivity index (χ0n) is 18.2. The van der Waals surface area contributed by atoms with Gasteiger partial charge in [-0.05, 0) is 31.6 Å². The minimum Gasteiger partial charge on any atom is -0.469 e. The molecule has 0 aromatic rings. The summed E-state index contributed by atoms with van der Waals surface area (Å²) in [4.78, 5) is 13.0. The summed E-state index contributed by atoms with van der Waals surface area (Å²) in [6.07, 6.45) is 14.8. The zero-order valence-corrected chi connectivity index (χ0v) is 18.2. The third kappa shape index (κ3) is 2.45. The van der Waals surface area contributed by atoms with Crippen LogP contribution in [0, 0.1) is 40.9 Å². The van der Waals surface area contributed by atoms with Gasteiger partial charge in [-0.1, -0.05) is 43.1 Å². The van der Waals surface area contributed by atoms with Gasteiger partial charge in [-0.25, -0.2) is 0 Å². The molecule has 1 spiro atoms. The van der Waals surface area contributed by atoms with Crippen molar-refractivity contribution in [2.75, 3.05) is 20.3 Å². The van der Waals surface area contributed by atoms with Crippen LogP contribution in [0.3, 0.4) is 0 Å². The number of fused-ring (bicyclic) bond motifs is 5. The quantitative estimate of drug-likeness (QED) is 0.406. The van der Waals surface area contributed by atoms with Crippen LogP contribution >= 0.6 is 0 Å². The number of terminal acetylenes is 1. The van der Waals surface area contributed by atoms with Crippen LogP contribution in [0.15, 0.2) is 23.3 Å². The van der Waals surface area contributed by atoms with E-state index in [0.717, 1.165) is 25.7 Å². The van der Waals surface area contributed by atoms with Gasteiger partial charge < -0.3 is 19.3 Å². The standard InChI is InChI=1S/C25H32O5/c1-5-24(27)9-7-19-20-17(21(26)28-4)14-16-15-25(29-12-13-30-25)11-10-22(16,2)18(20)6-8-23(19,24)3/h1,6,14,17,19-20,27H,7-13,15H2,2-4H3/t17-,19+,20-,22+,23+,24?/m1/s1. The molecule has 5 heteroatoms. The fourth-order valence-electron chi connectivity index (χ4n) is 7.28. The lowest BCUT2D eigenvalue weighted by Crippen LogP contribution is -2.54. The number of esters is 1. The van der Waals surface area contributed by atoms with Crippen LogP contribution in [0.5, 0.6) is 0 Å². The van der Waals surface area contributed by atoms with E-state index in [9.17, 15) is 9.90 Å². The third-order valence-corrected chi connectivity index (χ3v) is 9.22. The van der Waals surface area contributed by atoms with Crippen molar-refractivity contribution in [3.05, 3.63) is 23.3 Å². The highest BCUT2D eigenvalue weighted by Crippen LogP contribution is 2.67. The molecule has 5 nitrogen and oxygen atoms in total. The number of carbonyl (C=O) groups is 1. The van der Waals surface area contributed by atoms with Gasteiger partial charge in [0.1, 0.15) is 5.60 Å². The molecule has 0 radical (unpaired) electrons. The predicted molar refractivity (Wildman–Crippen MR) is 111 cm³/mol. The third-order valence-electron chi connectivity index (χ3n) is 9.22. The molecule has 0 amide bonds. The fraction of sp³-hybridized carbons (Fsp3) is 0.720. The Balaban J connectivity index is 1.61. The van der Waals surface area contributed by atoms with Crippen molar-refractivity contribution in [2.45, 2.75) is 63.8 Å². The number of hydrogen-bond donors (Lipinski definition) is 1. The van der Waals surface area contributed by atoms with Gasteiger partial charge in [0, 0.05) is 29.6 Å². The molecule has 0 aromatic heterocycles. The highest BCUT2D eigenvalue weighted by atomic mass is 16.7. The molecule has 1 N–H and O–H groups in total. The second kappa shape index (κ2) is 6.45. The molecule has 1 unspecified atom stereocenters. The van der Waals surface area contributed by atoms with Gasteiger partial charge in [0.25, 0.3) is 0 Å². The minimum atomic E-state index is -1.13. The summed E-state index contributed by atoms with van der Waals surface area (Å²) >= 11 is 0. The molecule has 3 fully saturated rings. The molecule has 4 aliphatic carbocycles. The second-order valence-electron chi connectivity index (χ2n) is 10.3. The average molecular weight is 413 g/mol. The van der Waals surface area contributed by atoms with E-state index in [1.165, 1.54) is 18.3 Å². The molecule has 1 saturated heterocycles. The van der Waals surface area contributed by atoms with Gasteiger partial charge in [0.05, 0.1) is 26.2 Å². The zero-order chi connectivity index (χ0) is 21.4. The maximum Gasteiger partial charge on any atom is 0.313 e. The Morgan fingerprint density at radius 1 is 1.27 bits per heavy atom. The number of methoxy groups -OCH3 is 1. The van der Waals surface area contributed by atoms with Crippen molar-refractivity contribution in [1.29, 1.82) is 0 Å². The van der Waals surface area contributed by atoms with Crippen molar-refractivity contribution in [3.8, 4) is 12.3 Å². The molecule has 30 heavy (non-hydrogen) atoms. The number of aliphatic hydroxyl groups is 1. The van der Waals surface area contributed by atoms with Crippen LogP contribution in [-0.4, -0.2) is 42.8 Å². The van der Waals surface area contributed by atoms with Crippen molar-refractivity contribution in [3.63, 3.8) is 0 Å². The van der Waals surface area contributed by atoms with E-state index in [4.69, 9.17) is 20.6 Å². The topological polar surface area (TPSA) is 65.0 Å². The molecule has 6 atom stereocenters. The number of carbonyl (C=O) groups excluding carboxylic acids is 1. The van der Waals surface area contributed by atoms with Crippen LogP contribution < -0.4 is 0 Å². The number of allylic oxidation sites excluding steroid dienone is 2. The van der Waals surface area contributed by atoms with Crippen LogP contribution in [0.1, 0.15) is 52.4 Å². The van der Waals surface area contributed by atoms with E-state index in [1.54, 1.807) is 0 Å². The Bertz CT molecular complexity index is 874. The molecule has 1 aliphatic heterocycles. The summed E-state index contributed by atoms with van der Waals surface area (Å²) in [5, 5.41) is 11.2. The summed E-state index contributed by atoms with van der Waals surface area (Å²) in [7, 11) is 1.46. The predicted octanol–water partition coefficient (Wildman–Crippen LogP) is 3.38. The van der Waals surface area contributed by atoms with Crippen LogP contribution in [0.2, 0.25) is 0 Å². The summed E-state index contributed by atoms with van der Waals surface area (Å²) in [6.45, 7) is 5.66. The maximum absolute atomic E-state index is 13.0. The Labute approximate surface area is 178 Å². The lowest BCUT2D eigenvalue weighted by atomic mass is 9.49. The molecule has 5 rings (SSSR count). The van der Waals surface area contributed by atoms with Gasteiger partial charge in [-0.3, -0.25) is 4.79 Å². The largest absolute Gasteiger partial charge is 0.469 e. The SMILES string of the molecule is C#CC1(O)CC[C@H]2[C@H]3C(=CC[C@@]21C)[C@@]1(C)CCC2(CC1=C[C@H]3C(=O)OC)OCCO2. The Morgan fingerprint density at radius 3 is 2.67 bits per heavy atom. The monoisotopic (exact) mass is 412 g/mol. The molecule has 1 heterocycles. The summed E-state index contributed by atoms with van der Waals surface area (Å²) in [5.41, 5.74) is 0.869. The Kier molecular flexibility index (Phi) is 4.36. The Hall–Kier alpha value is -1.61. The Morgan fingerprint density at radius 2 is 2.00 bits per heavy atom. The number of rotatable bonds is 1. The lowest BCUT2D eigenvalue weighted by molar-refractivity contribution is -0.177. The van der Waals surface area contributed by atoms with E-state index in [0.29, 0.717) is 26.1 Å². The van der Waals surface area contributed by atoms with E-state index in [-0.39, 0.29) is 29.1 Å². The fourth-order valence-corrected chi connectivity index (χ4v) is 7.28. The molecule has 2 saturated carbocycles. The van der Waals surface area contributed by atoms with Crippen molar-refractivity contribution in [2.24, 2.45) is 28.6 Å². The molecular weight excluding hydrogens is 380 g/mol. The number of ether oxygens (including phenoxy) is 3. The average Bonchev–Trinajstić information content (AvgIpc) is 3.30. The first-order valence-electron chi connectivity index (χ1n) is 11.2. The smallest absolute Gasteiger partial charge is 0.313 e. The van der Waals surface area contributed by atoms with Crippen molar-refractivity contribution >= 4 is 5.97 Å². The van der Waals surface area contributed by atoms with Crippen LogP contribution in [0.4, 0.5) is 0 Å². The minimum absolute atomic E-state index is 0.00629. The molecule has 5 aliphatic rings. The molecular formula is C25H32O5. The molecule has 0 bridgehead atoms. The summed E-state index contributed by atoms with van der Waals surface area (Å²) in [6, 6.07) is 0. The summed E-state index contributed by atoms with van der Waals surface area (Å²) in [5.74, 6) is 1.72. The lowest BCUT2D eigenvalue weighted by Gasteiger charge is -2.56. The first-order valence-corrected chi connectivity index (χ1v) is 11.2. The van der Waals surface area contributed by atoms with E-state index >= 15 is 0 Å². The van der Waals surface area contributed by atoms with E-state index < -0.39 is 16.8 Å². The van der Waals surface area contributed by atoms with Gasteiger partial charge in [-0.15, -0.1) is 6.42 Å². The highest BCUT2D eigenvalue weighted by molar-refractivity contribution is 5.77. The first kappa shape index (κ1) is 20.3. The van der Waals surface area contributed by atoms with Crippen LogP contribution in [0.25, 0.3) is 0 Å². The van der Waals surface area contributed by atoms with Crippen molar-refractivity contribution < 1.29 is 24.1 Å². The van der Waals surface area contributed by atoms with Crippen molar-refractivity contribution in [1.82, 2.24) is 0 Å². The van der Waals surface area contributed by atoms with E-state index in [2.05, 4.69) is 31.9 Å². The molecule has 162 valence electrons. The summed E-state index contributed by atoms with van der Waals surface area (Å²) < 4.78 is 17.3. The van der Waals surface area contributed by atoms with Gasteiger partial charge >= 0.3 is 5.97 Å². The number of hydrogen-bond acceptors (Lipinski definition) is 5. The second-order valence-corrected chi connectivity index (χ2v) is 10.3. The maximum atomic E-state index is 13.0. The van der Waals surface area contributed by atoms with Gasteiger partial charge in [-0.2, -0.15) is 0 Å². The van der Waals surface area contributed by atoms with Gasteiger partial charge in [0.2, 0.25) is 0 Å². The van der Waals surface area contributed by atoms with Crippen LogP contribution in [-0.2, 0) is 19.0 Å². The molecule has 0 aromatic carbocycles. The van der Waals surface area contributed by atoms with Gasteiger partial charge in [0.15, 0.2) is 5.79 Å².